The van der Waals surface area contributed by atoms with Gasteiger partial charge in [0.1, 0.15) is 0 Å². The van der Waals surface area contributed by atoms with Crippen molar-refractivity contribution in [2.45, 2.75) is 19.0 Å². The fourth-order valence-corrected chi connectivity index (χ4v) is 2.85. The Hall–Kier alpha value is -2.37. The minimum Gasteiger partial charge on any atom is -0.396 e. The van der Waals surface area contributed by atoms with E-state index in [4.69, 9.17) is 0 Å². The van der Waals surface area contributed by atoms with Crippen LogP contribution in [-0.4, -0.2) is 48.7 Å². The van der Waals surface area contributed by atoms with Gasteiger partial charge >= 0.3 is 6.03 Å². The summed E-state index contributed by atoms with van der Waals surface area (Å²) in [6, 6.07) is 17.3. The normalized spacial score (nSPS) is 12.0. The Morgan fingerprint density at radius 3 is 2.44 bits per heavy atom. The summed E-state index contributed by atoms with van der Waals surface area (Å²) in [6.45, 7) is 0.839. The number of urea groups is 1. The quantitative estimate of drug-likeness (QED) is 0.812. The Morgan fingerprint density at radius 2 is 1.80 bits per heavy atom. The molecule has 0 saturated heterocycles. The average Bonchev–Trinajstić information content (AvgIpc) is 2.59. The Bertz CT molecular complexity index is 674. The molecule has 0 aliphatic rings. The smallest absolute Gasteiger partial charge is 0.322 e. The maximum atomic E-state index is 12.7. The molecule has 5 nitrogen and oxygen atoms in total. The Labute approximate surface area is 149 Å². The molecule has 1 unspecified atom stereocenters. The molecule has 2 rings (SSSR count). The molecule has 5 heteroatoms. The van der Waals surface area contributed by atoms with Crippen LogP contribution in [-0.2, 0) is 6.54 Å². The maximum absolute atomic E-state index is 12.7. The summed E-state index contributed by atoms with van der Waals surface area (Å²) >= 11 is 0. The first-order valence-corrected chi connectivity index (χ1v) is 8.44. The largest absolute Gasteiger partial charge is 0.396 e. The highest BCUT2D eigenvalue weighted by Gasteiger charge is 2.21. The molecular weight excluding hydrogens is 314 g/mol. The molecular formula is C20H27N3O2. The van der Waals surface area contributed by atoms with Crippen molar-refractivity contribution in [3.8, 4) is 0 Å². The fraction of sp³-hybridized carbons (Fsp3) is 0.350. The molecule has 0 aliphatic heterocycles. The van der Waals surface area contributed by atoms with Crippen LogP contribution in [0.1, 0.15) is 23.6 Å². The third kappa shape index (κ3) is 5.59. The Morgan fingerprint density at radius 1 is 1.08 bits per heavy atom. The molecule has 0 saturated carbocycles. The van der Waals surface area contributed by atoms with Crippen LogP contribution in [0.4, 0.5) is 10.5 Å². The van der Waals surface area contributed by atoms with Gasteiger partial charge in [0.15, 0.2) is 0 Å². The van der Waals surface area contributed by atoms with Gasteiger partial charge in [0.25, 0.3) is 0 Å². The number of benzene rings is 2. The molecule has 2 amide bonds. The number of hydrogen-bond acceptors (Lipinski definition) is 3. The van der Waals surface area contributed by atoms with E-state index in [0.717, 1.165) is 23.4 Å². The van der Waals surface area contributed by atoms with E-state index in [1.807, 2.05) is 68.7 Å². The van der Waals surface area contributed by atoms with Crippen molar-refractivity contribution >= 4 is 11.7 Å². The van der Waals surface area contributed by atoms with Crippen molar-refractivity contribution in [3.05, 3.63) is 65.7 Å². The molecule has 0 heterocycles. The van der Waals surface area contributed by atoms with E-state index >= 15 is 0 Å². The first kappa shape index (κ1) is 19.0. The number of carbonyl (C=O) groups is 1. The average molecular weight is 341 g/mol. The van der Waals surface area contributed by atoms with Crippen LogP contribution in [0.2, 0.25) is 0 Å². The van der Waals surface area contributed by atoms with Crippen molar-refractivity contribution in [1.29, 1.82) is 0 Å². The highest BCUT2D eigenvalue weighted by atomic mass is 16.3. The zero-order valence-corrected chi connectivity index (χ0v) is 15.1. The van der Waals surface area contributed by atoms with Gasteiger partial charge in [-0.2, -0.15) is 0 Å². The maximum Gasteiger partial charge on any atom is 0.322 e. The van der Waals surface area contributed by atoms with Crippen LogP contribution in [0.25, 0.3) is 0 Å². The van der Waals surface area contributed by atoms with Gasteiger partial charge in [-0.05, 0) is 43.8 Å². The van der Waals surface area contributed by atoms with Crippen molar-refractivity contribution in [1.82, 2.24) is 9.80 Å². The Balaban J connectivity index is 2.10. The Kier molecular flexibility index (Phi) is 6.98. The number of aliphatic hydroxyl groups excluding tert-OH is 1. The second kappa shape index (κ2) is 9.20. The minimum absolute atomic E-state index is 0.0233. The molecule has 0 radical (unpaired) electrons. The minimum atomic E-state index is -0.190. The van der Waals surface area contributed by atoms with Gasteiger partial charge < -0.3 is 20.2 Å². The number of nitrogens with zero attached hydrogens (tertiary/aromatic N) is 2. The summed E-state index contributed by atoms with van der Waals surface area (Å²) in [5, 5.41) is 12.3. The molecule has 0 aromatic heterocycles. The molecule has 2 aromatic rings. The summed E-state index contributed by atoms with van der Waals surface area (Å²) in [7, 11) is 5.78. The highest BCUT2D eigenvalue weighted by molar-refractivity contribution is 5.89. The predicted octanol–water partition coefficient (Wildman–Crippen LogP) is 3.34. The number of aliphatic hydroxyl groups is 1. The molecule has 0 aliphatic carbocycles. The van der Waals surface area contributed by atoms with Gasteiger partial charge in [0.05, 0.1) is 6.04 Å². The summed E-state index contributed by atoms with van der Waals surface area (Å²) < 4.78 is 0. The van der Waals surface area contributed by atoms with Crippen LogP contribution in [0, 0.1) is 0 Å². The number of rotatable bonds is 7. The van der Waals surface area contributed by atoms with E-state index in [1.165, 1.54) is 0 Å². The number of anilines is 1. The molecule has 25 heavy (non-hydrogen) atoms. The van der Waals surface area contributed by atoms with Crippen LogP contribution in [0.15, 0.2) is 54.6 Å². The standard InChI is InChI=1S/C20H27N3O2/c1-22(2)15-16-8-7-11-18(14-16)21-20(25)23(3)19(12-13-24)17-9-5-4-6-10-17/h4-11,14,19,24H,12-13,15H2,1-3H3,(H,21,25). The van der Waals surface area contributed by atoms with Crippen LogP contribution in [0.3, 0.4) is 0 Å². The van der Waals surface area contributed by atoms with E-state index in [0.29, 0.717) is 6.42 Å². The van der Waals surface area contributed by atoms with E-state index in [2.05, 4.69) is 10.2 Å². The van der Waals surface area contributed by atoms with E-state index in [9.17, 15) is 9.90 Å². The lowest BCUT2D eigenvalue weighted by Crippen LogP contribution is -2.35. The van der Waals surface area contributed by atoms with Crippen molar-refractivity contribution in [3.63, 3.8) is 0 Å². The summed E-state index contributed by atoms with van der Waals surface area (Å²) in [4.78, 5) is 16.4. The number of carbonyl (C=O) groups excluding carboxylic acids is 1. The van der Waals surface area contributed by atoms with Gasteiger partial charge in [0, 0.05) is 25.9 Å². The predicted molar refractivity (Wildman–Crippen MR) is 102 cm³/mol. The second-order valence-electron chi connectivity index (χ2n) is 6.42. The third-order valence-corrected chi connectivity index (χ3v) is 4.05. The molecule has 0 bridgehead atoms. The number of hydrogen-bond donors (Lipinski definition) is 2. The topological polar surface area (TPSA) is 55.8 Å². The first-order valence-electron chi connectivity index (χ1n) is 8.44. The lowest BCUT2D eigenvalue weighted by atomic mass is 10.0. The van der Waals surface area contributed by atoms with Crippen LogP contribution >= 0.6 is 0 Å². The SMILES string of the molecule is CN(C)Cc1cccc(NC(=O)N(C)C(CCO)c2ccccc2)c1. The third-order valence-electron chi connectivity index (χ3n) is 4.05. The van der Waals surface area contributed by atoms with Gasteiger partial charge in [0.2, 0.25) is 0 Å². The van der Waals surface area contributed by atoms with Crippen molar-refractivity contribution < 1.29 is 9.90 Å². The van der Waals surface area contributed by atoms with Gasteiger partial charge in [-0.25, -0.2) is 4.79 Å². The fourth-order valence-electron chi connectivity index (χ4n) is 2.85. The zero-order chi connectivity index (χ0) is 18.2. The molecule has 0 fully saturated rings. The van der Waals surface area contributed by atoms with Gasteiger partial charge in [-0.15, -0.1) is 0 Å². The van der Waals surface area contributed by atoms with Crippen LogP contribution < -0.4 is 5.32 Å². The lowest BCUT2D eigenvalue weighted by molar-refractivity contribution is 0.184. The summed E-state index contributed by atoms with van der Waals surface area (Å²) in [5.41, 5.74) is 2.92. The monoisotopic (exact) mass is 341 g/mol. The number of amides is 2. The van der Waals surface area contributed by atoms with E-state index < -0.39 is 0 Å². The molecule has 0 spiro atoms. The van der Waals surface area contributed by atoms with E-state index in [-0.39, 0.29) is 18.7 Å². The van der Waals surface area contributed by atoms with Gasteiger partial charge in [-0.3, -0.25) is 0 Å². The molecule has 2 aromatic carbocycles. The summed E-state index contributed by atoms with van der Waals surface area (Å²) in [6.07, 6.45) is 0.495. The van der Waals surface area contributed by atoms with Crippen LogP contribution in [0.5, 0.6) is 0 Å². The first-order chi connectivity index (χ1) is 12.0. The number of nitrogens with one attached hydrogen (secondary N) is 1. The second-order valence-corrected chi connectivity index (χ2v) is 6.42. The van der Waals surface area contributed by atoms with Crippen molar-refractivity contribution in [2.24, 2.45) is 0 Å². The molecule has 134 valence electrons. The van der Waals surface area contributed by atoms with Gasteiger partial charge in [-0.1, -0.05) is 42.5 Å². The van der Waals surface area contributed by atoms with Crippen molar-refractivity contribution in [2.75, 3.05) is 33.1 Å². The lowest BCUT2D eigenvalue weighted by Gasteiger charge is -2.28. The molecule has 1 atom stereocenters. The highest BCUT2D eigenvalue weighted by Crippen LogP contribution is 2.23. The summed E-state index contributed by atoms with van der Waals surface area (Å²) in [5.74, 6) is 0. The van der Waals surface area contributed by atoms with E-state index in [1.54, 1.807) is 11.9 Å². The molecule has 2 N–H and O–H groups in total. The zero-order valence-electron chi connectivity index (χ0n) is 15.1.